The third kappa shape index (κ3) is 27.8. The zero-order valence-electron chi connectivity index (χ0n) is 32.0. The van der Waals surface area contributed by atoms with Crippen LogP contribution in [0.15, 0.2) is 30.3 Å². The van der Waals surface area contributed by atoms with E-state index in [0.717, 1.165) is 24.8 Å². The number of rotatable bonds is 31. The van der Waals surface area contributed by atoms with Crippen molar-refractivity contribution in [3.05, 3.63) is 35.9 Å². The minimum absolute atomic E-state index is 0.00271. The summed E-state index contributed by atoms with van der Waals surface area (Å²) < 4.78 is 50.6. The van der Waals surface area contributed by atoms with E-state index in [1.807, 2.05) is 30.3 Å². The quantitative estimate of drug-likeness (QED) is 0.0336. The van der Waals surface area contributed by atoms with Crippen molar-refractivity contribution < 1.29 is 51.5 Å². The van der Waals surface area contributed by atoms with Gasteiger partial charge in [0, 0.05) is 33.1 Å². The van der Waals surface area contributed by atoms with E-state index in [1.165, 1.54) is 71.3 Å². The molecule has 0 fully saturated rings. The van der Waals surface area contributed by atoms with E-state index in [-0.39, 0.29) is 57.9 Å². The van der Waals surface area contributed by atoms with Gasteiger partial charge >= 0.3 is 25.9 Å². The monoisotopic (exact) mass is 743 g/mol. The van der Waals surface area contributed by atoms with E-state index >= 15 is 0 Å². The average Bonchev–Trinajstić information content (AvgIpc) is 3.10. The standard InChI is InChI=1S/C38H66NO11P/c1-6-7-8-9-10-11-12-13-14-15-16-17-21-25-35(40)47-31-34(45-28-22-26-36(41)46-30-33-23-19-18-20-24-33)32-49-51(43,44-5)48-29-27-39-37(42)50-38(2,3)4/h18-20,23-24,34H,6-17,21-22,25-32H2,1-5H3,(H,39,42)/t34-,51?/m1/s1. The lowest BCUT2D eigenvalue weighted by molar-refractivity contribution is -0.149. The van der Waals surface area contributed by atoms with Crippen molar-refractivity contribution in [2.75, 3.05) is 40.1 Å². The molecule has 0 bridgehead atoms. The molecular weight excluding hydrogens is 677 g/mol. The molecule has 1 amide bonds. The molecule has 13 heteroatoms. The maximum Gasteiger partial charge on any atom is 0.474 e. The minimum Gasteiger partial charge on any atom is -0.463 e. The summed E-state index contributed by atoms with van der Waals surface area (Å²) in [5.41, 5.74) is 0.230. The number of phosphoric acid groups is 1. The van der Waals surface area contributed by atoms with Crippen LogP contribution in [0.5, 0.6) is 0 Å². The lowest BCUT2D eigenvalue weighted by Gasteiger charge is -2.22. The van der Waals surface area contributed by atoms with Gasteiger partial charge in [0.15, 0.2) is 0 Å². The normalized spacial score (nSPS) is 13.3. The van der Waals surface area contributed by atoms with Gasteiger partial charge in [0.1, 0.15) is 24.9 Å². The third-order valence-corrected chi connectivity index (χ3v) is 9.11. The number of hydrogen-bond donors (Lipinski definition) is 1. The van der Waals surface area contributed by atoms with Crippen molar-refractivity contribution in [3.8, 4) is 0 Å². The fourth-order valence-electron chi connectivity index (χ4n) is 4.91. The van der Waals surface area contributed by atoms with Crippen LogP contribution in [0.25, 0.3) is 0 Å². The van der Waals surface area contributed by atoms with Crippen molar-refractivity contribution in [1.82, 2.24) is 5.32 Å². The predicted octanol–water partition coefficient (Wildman–Crippen LogP) is 9.23. The van der Waals surface area contributed by atoms with Crippen LogP contribution in [0.1, 0.15) is 136 Å². The Hall–Kier alpha value is -2.50. The Kier molecular flexibility index (Phi) is 26.5. The van der Waals surface area contributed by atoms with Gasteiger partial charge in [-0.05, 0) is 39.2 Å². The molecule has 12 nitrogen and oxygen atoms in total. The van der Waals surface area contributed by atoms with E-state index in [2.05, 4.69) is 12.2 Å². The lowest BCUT2D eigenvalue weighted by atomic mass is 10.0. The highest BCUT2D eigenvalue weighted by molar-refractivity contribution is 7.48. The average molecular weight is 744 g/mol. The van der Waals surface area contributed by atoms with Gasteiger partial charge in [-0.15, -0.1) is 0 Å². The molecule has 2 atom stereocenters. The highest BCUT2D eigenvalue weighted by atomic mass is 31.2. The van der Waals surface area contributed by atoms with Crippen LogP contribution in [-0.4, -0.2) is 69.8 Å². The largest absolute Gasteiger partial charge is 0.474 e. The number of carbonyl (C=O) groups excluding carboxylic acids is 3. The summed E-state index contributed by atoms with van der Waals surface area (Å²) in [5.74, 6) is -0.715. The summed E-state index contributed by atoms with van der Waals surface area (Å²) in [6.45, 7) is 7.21. The minimum atomic E-state index is -4.03. The van der Waals surface area contributed by atoms with Crippen LogP contribution in [0.4, 0.5) is 4.79 Å². The van der Waals surface area contributed by atoms with Gasteiger partial charge in [0.05, 0.1) is 13.2 Å². The van der Waals surface area contributed by atoms with Crippen molar-refractivity contribution in [1.29, 1.82) is 0 Å². The van der Waals surface area contributed by atoms with Gasteiger partial charge in [-0.25, -0.2) is 9.36 Å². The second-order valence-corrected chi connectivity index (χ2v) is 15.4. The first-order valence-electron chi connectivity index (χ1n) is 18.8. The number of benzene rings is 1. The first-order valence-corrected chi connectivity index (χ1v) is 20.3. The number of amides is 1. The highest BCUT2D eigenvalue weighted by Crippen LogP contribution is 2.48. The van der Waals surface area contributed by atoms with Crippen molar-refractivity contribution >= 4 is 25.9 Å². The first kappa shape index (κ1) is 46.5. The molecule has 1 aromatic rings. The van der Waals surface area contributed by atoms with E-state index in [0.29, 0.717) is 12.8 Å². The predicted molar refractivity (Wildman–Crippen MR) is 197 cm³/mol. The fraction of sp³-hybridized carbons (Fsp3) is 0.763. The molecule has 0 spiro atoms. The zero-order valence-corrected chi connectivity index (χ0v) is 32.9. The van der Waals surface area contributed by atoms with Crippen LogP contribution >= 0.6 is 7.82 Å². The molecular formula is C38H66NO11P. The summed E-state index contributed by atoms with van der Waals surface area (Å²) in [7, 11) is -2.85. The van der Waals surface area contributed by atoms with Gasteiger partial charge in [0.25, 0.3) is 0 Å². The first-order chi connectivity index (χ1) is 24.5. The van der Waals surface area contributed by atoms with E-state index < -0.39 is 25.6 Å². The molecule has 0 radical (unpaired) electrons. The van der Waals surface area contributed by atoms with Crippen molar-refractivity contribution in [2.45, 2.75) is 149 Å². The SMILES string of the molecule is CCCCCCCCCCCCCCCC(=O)OC[C@H](COP(=O)(OC)OCCNC(=O)OC(C)(C)C)OCCCC(=O)OCc1ccccc1. The second kappa shape index (κ2) is 29.0. The number of ether oxygens (including phenoxy) is 4. The van der Waals surface area contributed by atoms with E-state index in [4.69, 9.17) is 32.5 Å². The van der Waals surface area contributed by atoms with Crippen LogP contribution < -0.4 is 5.32 Å². The smallest absolute Gasteiger partial charge is 0.463 e. The van der Waals surface area contributed by atoms with Gasteiger partial charge in [-0.2, -0.15) is 0 Å². The fourth-order valence-corrected chi connectivity index (χ4v) is 5.86. The second-order valence-electron chi connectivity index (χ2n) is 13.6. The summed E-state index contributed by atoms with van der Waals surface area (Å²) in [6, 6.07) is 9.39. The summed E-state index contributed by atoms with van der Waals surface area (Å²) in [5, 5.41) is 2.50. The Labute approximate surface area is 306 Å². The Bertz CT molecular complexity index is 1100. The van der Waals surface area contributed by atoms with Crippen LogP contribution in [-0.2, 0) is 53.3 Å². The lowest BCUT2D eigenvalue weighted by Crippen LogP contribution is -2.34. The Morgan fingerprint density at radius 1 is 0.725 bits per heavy atom. The molecule has 0 aromatic heterocycles. The summed E-state index contributed by atoms with van der Waals surface area (Å²) in [4.78, 5) is 36.5. The molecule has 1 N–H and O–H groups in total. The molecule has 51 heavy (non-hydrogen) atoms. The Morgan fingerprint density at radius 3 is 1.88 bits per heavy atom. The number of phosphoric ester groups is 1. The number of nitrogens with one attached hydrogen (secondary N) is 1. The van der Waals surface area contributed by atoms with Crippen molar-refractivity contribution in [3.63, 3.8) is 0 Å². The maximum absolute atomic E-state index is 13.0. The Morgan fingerprint density at radius 2 is 1.29 bits per heavy atom. The molecule has 1 rings (SSSR count). The molecule has 0 aliphatic rings. The molecule has 0 aliphatic heterocycles. The molecule has 0 saturated heterocycles. The molecule has 0 saturated carbocycles. The van der Waals surface area contributed by atoms with Crippen LogP contribution in [0.3, 0.4) is 0 Å². The third-order valence-electron chi connectivity index (χ3n) is 7.70. The number of carbonyl (C=O) groups is 3. The van der Waals surface area contributed by atoms with Gasteiger partial charge in [0.2, 0.25) is 0 Å². The van der Waals surface area contributed by atoms with Crippen LogP contribution in [0.2, 0.25) is 0 Å². The molecule has 294 valence electrons. The maximum atomic E-state index is 13.0. The van der Waals surface area contributed by atoms with E-state index in [1.54, 1.807) is 20.8 Å². The van der Waals surface area contributed by atoms with Gasteiger partial charge < -0.3 is 24.3 Å². The summed E-state index contributed by atoms with van der Waals surface area (Å²) >= 11 is 0. The molecule has 0 heterocycles. The number of hydrogen-bond acceptors (Lipinski definition) is 11. The number of alkyl carbamates (subject to hydrolysis) is 1. The Balaban J connectivity index is 2.44. The van der Waals surface area contributed by atoms with Gasteiger partial charge in [-0.1, -0.05) is 114 Å². The topological polar surface area (TPSA) is 145 Å². The number of esters is 2. The number of unbranched alkanes of at least 4 members (excludes halogenated alkanes) is 12. The molecule has 1 aromatic carbocycles. The molecule has 0 aliphatic carbocycles. The zero-order chi connectivity index (χ0) is 37.6. The van der Waals surface area contributed by atoms with Crippen molar-refractivity contribution in [2.24, 2.45) is 0 Å². The van der Waals surface area contributed by atoms with Crippen LogP contribution in [0, 0.1) is 0 Å². The summed E-state index contributed by atoms with van der Waals surface area (Å²) in [6.07, 6.45) is 15.2. The highest BCUT2D eigenvalue weighted by Gasteiger charge is 2.28. The molecule has 1 unspecified atom stereocenters. The van der Waals surface area contributed by atoms with Gasteiger partial charge in [-0.3, -0.25) is 23.2 Å². The van der Waals surface area contributed by atoms with E-state index in [9.17, 15) is 18.9 Å².